The van der Waals surface area contributed by atoms with Crippen LogP contribution in [0.15, 0.2) is 23.4 Å². The average Bonchev–Trinajstić information content (AvgIpc) is 3.45. The zero-order chi connectivity index (χ0) is 23.3. The fraction of sp³-hybridized carbons (Fsp3) is 0.560. The van der Waals surface area contributed by atoms with E-state index in [2.05, 4.69) is 5.32 Å². The van der Waals surface area contributed by atoms with Crippen molar-refractivity contribution in [1.29, 1.82) is 0 Å². The van der Waals surface area contributed by atoms with Crippen LogP contribution < -0.4 is 5.32 Å². The lowest BCUT2D eigenvalue weighted by Crippen LogP contribution is -2.43. The molecule has 1 atom stereocenters. The highest BCUT2D eigenvalue weighted by Crippen LogP contribution is 2.46. The number of rotatable bonds is 5. The van der Waals surface area contributed by atoms with Gasteiger partial charge in [0.05, 0.1) is 28.4 Å². The van der Waals surface area contributed by atoms with E-state index in [4.69, 9.17) is 9.47 Å². The smallest absolute Gasteiger partial charge is 0.338 e. The first-order valence-corrected chi connectivity index (χ1v) is 11.7. The fourth-order valence-electron chi connectivity index (χ4n) is 5.78. The summed E-state index contributed by atoms with van der Waals surface area (Å²) < 4.78 is 10.2. The molecule has 0 radical (unpaired) electrons. The van der Waals surface area contributed by atoms with Gasteiger partial charge in [0.25, 0.3) is 0 Å². The zero-order valence-electron chi connectivity index (χ0n) is 19.1. The van der Waals surface area contributed by atoms with E-state index in [-0.39, 0.29) is 42.5 Å². The molecule has 5 rings (SSSR count). The van der Waals surface area contributed by atoms with Crippen molar-refractivity contribution in [3.05, 3.63) is 45.7 Å². The molecule has 1 amide bonds. The summed E-state index contributed by atoms with van der Waals surface area (Å²) in [6, 6.07) is 3.78. The number of likely N-dealkylation sites (tertiary alicyclic amines) is 1. The Hall–Kier alpha value is -2.71. The summed E-state index contributed by atoms with van der Waals surface area (Å²) >= 11 is 0. The molecule has 1 saturated heterocycles. The third kappa shape index (κ3) is 3.65. The number of carbonyl (C=O) groups excluding carboxylic acids is 3. The predicted molar refractivity (Wildman–Crippen MR) is 118 cm³/mol. The number of fused-ring (bicyclic) bond motifs is 1. The van der Waals surface area contributed by atoms with E-state index in [1.54, 1.807) is 17.9 Å². The molecule has 1 aromatic rings. The minimum Gasteiger partial charge on any atom is -0.457 e. The molecule has 4 aliphatic rings. The SMILES string of the molecule is CC1=C(N2CC[C@]3(CC[C@H](NC[C@H](O)c4ccc5c(c4C)COC5=O)CC3)C2=O)COC1=O. The summed E-state index contributed by atoms with van der Waals surface area (Å²) in [5.41, 5.74) is 4.09. The first-order chi connectivity index (χ1) is 15.8. The maximum Gasteiger partial charge on any atom is 0.338 e. The molecule has 1 aliphatic carbocycles. The zero-order valence-corrected chi connectivity index (χ0v) is 19.1. The van der Waals surface area contributed by atoms with Gasteiger partial charge >= 0.3 is 11.9 Å². The lowest BCUT2D eigenvalue weighted by Gasteiger charge is -2.36. The molecule has 0 unspecified atom stereocenters. The number of amides is 1. The van der Waals surface area contributed by atoms with Crippen molar-refractivity contribution >= 4 is 17.8 Å². The number of nitrogens with one attached hydrogen (secondary N) is 1. The Bertz CT molecular complexity index is 1050. The average molecular weight is 455 g/mol. The molecule has 3 heterocycles. The first-order valence-electron chi connectivity index (χ1n) is 11.7. The predicted octanol–water partition coefficient (Wildman–Crippen LogP) is 2.28. The lowest BCUT2D eigenvalue weighted by molar-refractivity contribution is -0.138. The number of cyclic esters (lactones) is 2. The van der Waals surface area contributed by atoms with Gasteiger partial charge in [0, 0.05) is 24.7 Å². The summed E-state index contributed by atoms with van der Waals surface area (Å²) in [7, 11) is 0. The summed E-state index contributed by atoms with van der Waals surface area (Å²) in [5, 5.41) is 14.3. The Kier molecular flexibility index (Phi) is 5.53. The van der Waals surface area contributed by atoms with E-state index in [9.17, 15) is 19.5 Å². The highest BCUT2D eigenvalue weighted by molar-refractivity contribution is 5.94. The van der Waals surface area contributed by atoms with Gasteiger partial charge in [-0.1, -0.05) is 6.07 Å². The van der Waals surface area contributed by atoms with Crippen LogP contribution in [0.3, 0.4) is 0 Å². The van der Waals surface area contributed by atoms with Gasteiger partial charge < -0.3 is 24.8 Å². The summed E-state index contributed by atoms with van der Waals surface area (Å²) in [5.74, 6) is -0.510. The number of hydrogen-bond acceptors (Lipinski definition) is 7. The van der Waals surface area contributed by atoms with Gasteiger partial charge in [-0.3, -0.25) is 4.79 Å². The summed E-state index contributed by atoms with van der Waals surface area (Å²) in [6.07, 6.45) is 3.46. The van der Waals surface area contributed by atoms with E-state index in [0.29, 0.717) is 24.2 Å². The molecule has 33 heavy (non-hydrogen) atoms. The second kappa shape index (κ2) is 8.25. The van der Waals surface area contributed by atoms with Crippen molar-refractivity contribution in [3.63, 3.8) is 0 Å². The molecular formula is C25H30N2O6. The van der Waals surface area contributed by atoms with E-state index >= 15 is 0 Å². The Morgan fingerprint density at radius 3 is 2.52 bits per heavy atom. The van der Waals surface area contributed by atoms with Crippen molar-refractivity contribution in [2.45, 2.75) is 64.7 Å². The first kappa shape index (κ1) is 22.1. The molecule has 0 aromatic heterocycles. The second-order valence-corrected chi connectivity index (χ2v) is 9.72. The molecule has 1 saturated carbocycles. The molecule has 8 nitrogen and oxygen atoms in total. The standard InChI is InChI=1S/C25H30N2O6/c1-14-17(3-4-18-19(14)12-32-23(18)30)21(28)11-26-16-5-7-25(8-6-16)9-10-27(24(25)31)20-13-33-22(29)15(20)2/h3-4,16,21,26,28H,5-13H2,1-2H3/t16-,21-,25+/m0/s1. The Morgan fingerprint density at radius 1 is 1.09 bits per heavy atom. The third-order valence-electron chi connectivity index (χ3n) is 8.03. The summed E-state index contributed by atoms with van der Waals surface area (Å²) in [6.45, 7) is 5.15. The minimum atomic E-state index is -0.680. The molecule has 176 valence electrons. The quantitative estimate of drug-likeness (QED) is 0.658. The molecule has 1 spiro atoms. The molecule has 2 N–H and O–H groups in total. The topological polar surface area (TPSA) is 105 Å². The number of ether oxygens (including phenoxy) is 2. The van der Waals surface area contributed by atoms with Crippen LogP contribution in [0, 0.1) is 12.3 Å². The van der Waals surface area contributed by atoms with Crippen LogP contribution in [0.5, 0.6) is 0 Å². The maximum atomic E-state index is 13.3. The number of aliphatic hydroxyl groups is 1. The number of carbonyl (C=O) groups is 3. The van der Waals surface area contributed by atoms with Crippen LogP contribution in [0.4, 0.5) is 0 Å². The normalized spacial score (nSPS) is 27.9. The molecule has 8 heteroatoms. The number of nitrogens with zero attached hydrogens (tertiary/aromatic N) is 1. The Balaban J connectivity index is 1.17. The van der Waals surface area contributed by atoms with Crippen LogP contribution in [0.2, 0.25) is 0 Å². The largest absolute Gasteiger partial charge is 0.457 e. The summed E-state index contributed by atoms with van der Waals surface area (Å²) in [4.78, 5) is 38.5. The number of benzene rings is 1. The third-order valence-corrected chi connectivity index (χ3v) is 8.03. The molecule has 1 aromatic carbocycles. The van der Waals surface area contributed by atoms with E-state index < -0.39 is 6.10 Å². The van der Waals surface area contributed by atoms with Gasteiger partial charge in [0.15, 0.2) is 0 Å². The van der Waals surface area contributed by atoms with Gasteiger partial charge in [-0.15, -0.1) is 0 Å². The highest BCUT2D eigenvalue weighted by atomic mass is 16.5. The van der Waals surface area contributed by atoms with Gasteiger partial charge in [-0.2, -0.15) is 0 Å². The number of aliphatic hydroxyl groups excluding tert-OH is 1. The van der Waals surface area contributed by atoms with E-state index in [1.807, 2.05) is 13.0 Å². The highest BCUT2D eigenvalue weighted by Gasteiger charge is 2.50. The van der Waals surface area contributed by atoms with Crippen LogP contribution in [0.25, 0.3) is 0 Å². The van der Waals surface area contributed by atoms with Crippen LogP contribution in [0.1, 0.15) is 72.2 Å². The maximum absolute atomic E-state index is 13.3. The van der Waals surface area contributed by atoms with Crippen molar-refractivity contribution in [2.24, 2.45) is 5.41 Å². The van der Waals surface area contributed by atoms with E-state index in [0.717, 1.165) is 54.5 Å². The lowest BCUT2D eigenvalue weighted by atomic mass is 9.71. The molecule has 0 bridgehead atoms. The van der Waals surface area contributed by atoms with Crippen molar-refractivity contribution in [2.75, 3.05) is 19.7 Å². The van der Waals surface area contributed by atoms with Crippen molar-refractivity contribution < 1.29 is 29.0 Å². The van der Waals surface area contributed by atoms with Gasteiger partial charge in [0.1, 0.15) is 13.2 Å². The van der Waals surface area contributed by atoms with Crippen LogP contribution >= 0.6 is 0 Å². The Labute approximate surface area is 192 Å². The molecular weight excluding hydrogens is 424 g/mol. The number of esters is 2. The van der Waals surface area contributed by atoms with Gasteiger partial charge in [0.2, 0.25) is 5.91 Å². The van der Waals surface area contributed by atoms with Crippen molar-refractivity contribution in [1.82, 2.24) is 10.2 Å². The van der Waals surface area contributed by atoms with Crippen molar-refractivity contribution in [3.8, 4) is 0 Å². The van der Waals surface area contributed by atoms with Crippen LogP contribution in [-0.2, 0) is 25.7 Å². The second-order valence-electron chi connectivity index (χ2n) is 9.72. The monoisotopic (exact) mass is 454 g/mol. The van der Waals surface area contributed by atoms with Gasteiger partial charge in [-0.05, 0) is 63.1 Å². The minimum absolute atomic E-state index is 0.124. The van der Waals surface area contributed by atoms with Gasteiger partial charge in [-0.25, -0.2) is 9.59 Å². The van der Waals surface area contributed by atoms with E-state index in [1.165, 1.54) is 0 Å². The molecule has 2 fully saturated rings. The van der Waals surface area contributed by atoms with Crippen LogP contribution in [-0.4, -0.2) is 53.6 Å². The Morgan fingerprint density at radius 2 is 1.82 bits per heavy atom. The molecule has 3 aliphatic heterocycles. The number of hydrogen-bond donors (Lipinski definition) is 2. The fourth-order valence-corrected chi connectivity index (χ4v) is 5.78.